The van der Waals surface area contributed by atoms with Crippen molar-refractivity contribution in [1.82, 2.24) is 10.2 Å². The monoisotopic (exact) mass is 435 g/mol. The zero-order chi connectivity index (χ0) is 20.9. The molecule has 0 unspecified atom stereocenters. The zero-order valence-electron chi connectivity index (χ0n) is 16.7. The van der Waals surface area contributed by atoms with Crippen LogP contribution in [0.1, 0.15) is 24.0 Å². The normalized spacial score (nSPS) is 11.9. The Morgan fingerprint density at radius 3 is 2.63 bits per heavy atom. The average Bonchev–Trinajstić information content (AvgIpc) is 3.24. The molecule has 0 aliphatic carbocycles. The highest BCUT2D eigenvalue weighted by atomic mass is 32.2. The van der Waals surface area contributed by atoms with E-state index in [1.807, 2.05) is 61.5 Å². The van der Waals surface area contributed by atoms with Crippen LogP contribution in [0.3, 0.4) is 0 Å². The third-order valence-corrected chi connectivity index (χ3v) is 6.85. The number of fused-ring (bicyclic) bond motifs is 1. The fourth-order valence-electron chi connectivity index (χ4n) is 3.04. The largest absolute Gasteiger partial charge is 0.497 e. The fraction of sp³-hybridized carbons (Fsp3) is 0.174. The summed E-state index contributed by atoms with van der Waals surface area (Å²) < 4.78 is 6.11. The van der Waals surface area contributed by atoms with E-state index in [1.54, 1.807) is 18.9 Å². The number of nitrogens with zero attached hydrogens (tertiary/aromatic N) is 2. The molecule has 1 N–H and O–H groups in total. The van der Waals surface area contributed by atoms with E-state index in [0.29, 0.717) is 5.13 Å². The van der Waals surface area contributed by atoms with E-state index in [4.69, 9.17) is 4.74 Å². The summed E-state index contributed by atoms with van der Waals surface area (Å²) in [5, 5.41) is 13.9. The van der Waals surface area contributed by atoms with E-state index in [-0.39, 0.29) is 11.8 Å². The first-order valence-electron chi connectivity index (χ1n) is 9.51. The quantitative estimate of drug-likeness (QED) is 0.296. The van der Waals surface area contributed by atoms with Gasteiger partial charge in [-0.1, -0.05) is 77.7 Å². The molecule has 152 valence electrons. The second-order valence-electron chi connectivity index (χ2n) is 6.83. The van der Waals surface area contributed by atoms with Gasteiger partial charge >= 0.3 is 0 Å². The predicted molar refractivity (Wildman–Crippen MR) is 123 cm³/mol. The van der Waals surface area contributed by atoms with Crippen molar-refractivity contribution >= 4 is 44.9 Å². The predicted octanol–water partition coefficient (Wildman–Crippen LogP) is 5.73. The van der Waals surface area contributed by atoms with Gasteiger partial charge in [-0.2, -0.15) is 0 Å². The molecular formula is C23H21N3O2S2. The standard InChI is InChI=1S/C23H21N3O2S2/c1-15(17-8-9-19-13-20(28-2)11-10-18(19)12-17)21(27)24-22-25-26-23(30-22)29-14-16-6-4-3-5-7-16/h3-13,15H,14H2,1-2H3,(H,24,25,27)/t15-/m0/s1. The Labute approximate surface area is 183 Å². The Bertz CT molecular complexity index is 1160. The molecule has 30 heavy (non-hydrogen) atoms. The maximum Gasteiger partial charge on any atom is 0.233 e. The molecule has 0 radical (unpaired) electrons. The number of carbonyl (C=O) groups excluding carboxylic acids is 1. The van der Waals surface area contributed by atoms with Gasteiger partial charge < -0.3 is 4.74 Å². The number of benzene rings is 3. The van der Waals surface area contributed by atoms with Crippen molar-refractivity contribution in [3.8, 4) is 5.75 Å². The Morgan fingerprint density at radius 2 is 1.83 bits per heavy atom. The van der Waals surface area contributed by atoms with Crippen molar-refractivity contribution in [2.75, 3.05) is 12.4 Å². The SMILES string of the molecule is COc1ccc2cc([C@H](C)C(=O)Nc3nnc(SCc4ccccc4)s3)ccc2c1. The molecule has 0 saturated heterocycles. The van der Waals surface area contributed by atoms with Crippen LogP contribution in [0.5, 0.6) is 5.75 Å². The molecule has 5 nitrogen and oxygen atoms in total. The van der Waals surface area contributed by atoms with Gasteiger partial charge in [0.05, 0.1) is 13.0 Å². The van der Waals surface area contributed by atoms with Crippen molar-refractivity contribution in [2.45, 2.75) is 22.9 Å². The number of aromatic nitrogens is 2. The number of carbonyl (C=O) groups is 1. The lowest BCUT2D eigenvalue weighted by Gasteiger charge is -2.12. The molecule has 1 aromatic heterocycles. The minimum atomic E-state index is -0.305. The van der Waals surface area contributed by atoms with E-state index in [1.165, 1.54) is 16.9 Å². The summed E-state index contributed by atoms with van der Waals surface area (Å²) >= 11 is 3.01. The molecule has 0 fully saturated rings. The topological polar surface area (TPSA) is 64.1 Å². The molecular weight excluding hydrogens is 414 g/mol. The lowest BCUT2D eigenvalue weighted by atomic mass is 9.97. The van der Waals surface area contributed by atoms with E-state index >= 15 is 0 Å². The number of anilines is 1. The number of rotatable bonds is 7. The van der Waals surface area contributed by atoms with Crippen molar-refractivity contribution in [1.29, 1.82) is 0 Å². The Balaban J connectivity index is 1.40. The summed E-state index contributed by atoms with van der Waals surface area (Å²) in [5.74, 6) is 1.24. The number of thioether (sulfide) groups is 1. The maximum atomic E-state index is 12.7. The Hall–Kier alpha value is -2.90. The molecule has 4 aromatic rings. The molecule has 1 atom stereocenters. The number of hydrogen-bond donors (Lipinski definition) is 1. The Kier molecular flexibility index (Phi) is 6.30. The van der Waals surface area contributed by atoms with Crippen molar-refractivity contribution in [3.05, 3.63) is 77.9 Å². The third kappa shape index (κ3) is 4.80. The molecule has 0 bridgehead atoms. The molecule has 0 aliphatic rings. The zero-order valence-corrected chi connectivity index (χ0v) is 18.3. The second-order valence-corrected chi connectivity index (χ2v) is 9.03. The van der Waals surface area contributed by atoms with Gasteiger partial charge in [0.25, 0.3) is 0 Å². The van der Waals surface area contributed by atoms with Gasteiger partial charge in [-0.3, -0.25) is 10.1 Å². The van der Waals surface area contributed by atoms with Crippen molar-refractivity contribution in [3.63, 3.8) is 0 Å². The van der Waals surface area contributed by atoms with Crippen molar-refractivity contribution < 1.29 is 9.53 Å². The lowest BCUT2D eigenvalue weighted by molar-refractivity contribution is -0.117. The number of ether oxygens (including phenoxy) is 1. The fourth-order valence-corrected chi connectivity index (χ4v) is 4.75. The second kappa shape index (κ2) is 9.28. The van der Waals surface area contributed by atoms with Gasteiger partial charge in [0.1, 0.15) is 5.75 Å². The van der Waals surface area contributed by atoms with Crippen LogP contribution in [0.2, 0.25) is 0 Å². The number of nitrogens with one attached hydrogen (secondary N) is 1. The maximum absolute atomic E-state index is 12.7. The summed E-state index contributed by atoms with van der Waals surface area (Å²) in [6.45, 7) is 1.89. The Morgan fingerprint density at radius 1 is 1.07 bits per heavy atom. The first kappa shape index (κ1) is 20.4. The van der Waals surface area contributed by atoms with Crippen LogP contribution in [0.15, 0.2) is 71.1 Å². The van der Waals surface area contributed by atoms with Gasteiger partial charge in [-0.25, -0.2) is 0 Å². The third-order valence-electron chi connectivity index (χ3n) is 4.81. The number of amides is 1. The van der Waals surface area contributed by atoms with Crippen LogP contribution in [0.25, 0.3) is 10.8 Å². The number of methoxy groups -OCH3 is 1. The highest BCUT2D eigenvalue weighted by molar-refractivity contribution is 8.00. The summed E-state index contributed by atoms with van der Waals surface area (Å²) in [6, 6.07) is 22.2. The van der Waals surface area contributed by atoms with Crippen LogP contribution in [0, 0.1) is 0 Å². The van der Waals surface area contributed by atoms with Gasteiger partial charge in [-0.05, 0) is 41.0 Å². The summed E-state index contributed by atoms with van der Waals surface area (Å²) in [7, 11) is 1.65. The van der Waals surface area contributed by atoms with Crippen LogP contribution >= 0.6 is 23.1 Å². The van der Waals surface area contributed by atoms with E-state index in [9.17, 15) is 4.79 Å². The van der Waals surface area contributed by atoms with Crippen LogP contribution < -0.4 is 10.1 Å². The first-order chi connectivity index (χ1) is 14.6. The van der Waals surface area contributed by atoms with Gasteiger partial charge in [-0.15, -0.1) is 10.2 Å². The summed E-state index contributed by atoms with van der Waals surface area (Å²) in [6.07, 6.45) is 0. The highest BCUT2D eigenvalue weighted by Gasteiger charge is 2.18. The molecule has 3 aromatic carbocycles. The molecule has 0 aliphatic heterocycles. The summed E-state index contributed by atoms with van der Waals surface area (Å²) in [4.78, 5) is 12.7. The van der Waals surface area contributed by atoms with Crippen LogP contribution in [-0.4, -0.2) is 23.2 Å². The minimum Gasteiger partial charge on any atom is -0.497 e. The van der Waals surface area contributed by atoms with Crippen LogP contribution in [0.4, 0.5) is 5.13 Å². The van der Waals surface area contributed by atoms with E-state index < -0.39 is 0 Å². The lowest BCUT2D eigenvalue weighted by Crippen LogP contribution is -2.18. The van der Waals surface area contributed by atoms with Crippen molar-refractivity contribution in [2.24, 2.45) is 0 Å². The first-order valence-corrected chi connectivity index (χ1v) is 11.3. The molecule has 7 heteroatoms. The molecule has 1 amide bonds. The molecule has 0 saturated carbocycles. The van der Waals surface area contributed by atoms with Crippen LogP contribution in [-0.2, 0) is 10.5 Å². The van der Waals surface area contributed by atoms with Gasteiger partial charge in [0.2, 0.25) is 11.0 Å². The van der Waals surface area contributed by atoms with Gasteiger partial charge in [0.15, 0.2) is 4.34 Å². The van der Waals surface area contributed by atoms with Gasteiger partial charge in [0, 0.05) is 5.75 Å². The highest BCUT2D eigenvalue weighted by Crippen LogP contribution is 2.30. The van der Waals surface area contributed by atoms with E-state index in [0.717, 1.165) is 32.2 Å². The number of hydrogen-bond acceptors (Lipinski definition) is 6. The minimum absolute atomic E-state index is 0.0985. The molecule has 1 heterocycles. The van der Waals surface area contributed by atoms with E-state index in [2.05, 4.69) is 27.6 Å². The summed E-state index contributed by atoms with van der Waals surface area (Å²) in [5.41, 5.74) is 2.18. The molecule has 4 rings (SSSR count). The average molecular weight is 436 g/mol. The smallest absolute Gasteiger partial charge is 0.233 e. The molecule has 0 spiro atoms.